The van der Waals surface area contributed by atoms with Gasteiger partial charge in [-0.05, 0) is 12.3 Å². The largest absolute Gasteiger partial charge is 0.480 e. The molecule has 0 aliphatic rings. The highest BCUT2D eigenvalue weighted by molar-refractivity contribution is 5.93. The number of nitrogens with one attached hydrogen (secondary N) is 2. The lowest BCUT2D eigenvalue weighted by Gasteiger charge is -2.26. The lowest BCUT2D eigenvalue weighted by atomic mass is 9.97. The molecule has 0 aliphatic heterocycles. The van der Waals surface area contributed by atoms with Crippen LogP contribution in [0.3, 0.4) is 0 Å². The van der Waals surface area contributed by atoms with Gasteiger partial charge in [-0.25, -0.2) is 4.79 Å². The maximum Gasteiger partial charge on any atom is 0.326 e. The van der Waals surface area contributed by atoms with Crippen molar-refractivity contribution in [3.05, 3.63) is 0 Å². The third kappa shape index (κ3) is 8.42. The number of carbonyl (C=O) groups is 5. The summed E-state index contributed by atoms with van der Waals surface area (Å²) >= 11 is 0. The van der Waals surface area contributed by atoms with Crippen LogP contribution < -0.4 is 27.8 Å². The molecule has 26 heavy (non-hydrogen) atoms. The minimum Gasteiger partial charge on any atom is -0.480 e. The summed E-state index contributed by atoms with van der Waals surface area (Å²) in [5.41, 5.74) is 15.5. The number of carboxylic acid groups (broad SMARTS) is 1. The second-order valence-electron chi connectivity index (χ2n) is 6.05. The summed E-state index contributed by atoms with van der Waals surface area (Å²) in [5.74, 6) is -4.64. The number of primary amides is 2. The summed E-state index contributed by atoms with van der Waals surface area (Å²) in [7, 11) is 0. The number of hydrogen-bond acceptors (Lipinski definition) is 6. The molecule has 0 spiro atoms. The molecule has 0 saturated carbocycles. The van der Waals surface area contributed by atoms with E-state index in [1.165, 1.54) is 0 Å². The minimum absolute atomic E-state index is 0.182. The molecule has 148 valence electrons. The Hall–Kier alpha value is -2.69. The molecular formula is C15H27N5O6. The van der Waals surface area contributed by atoms with Gasteiger partial charge in [-0.1, -0.05) is 20.3 Å². The molecule has 0 fully saturated rings. The molecule has 4 atom stereocenters. The number of aliphatic carboxylic acids is 1. The summed E-state index contributed by atoms with van der Waals surface area (Å²) in [6.07, 6.45) is -0.292. The van der Waals surface area contributed by atoms with Gasteiger partial charge in [0.2, 0.25) is 23.6 Å². The topological polar surface area (TPSA) is 208 Å². The Labute approximate surface area is 151 Å². The van der Waals surface area contributed by atoms with E-state index in [2.05, 4.69) is 10.6 Å². The van der Waals surface area contributed by atoms with Crippen molar-refractivity contribution in [1.82, 2.24) is 10.6 Å². The van der Waals surface area contributed by atoms with Gasteiger partial charge in [-0.3, -0.25) is 19.2 Å². The maximum atomic E-state index is 12.4. The Balaban J connectivity index is 5.12. The first kappa shape index (κ1) is 23.3. The quantitative estimate of drug-likeness (QED) is 0.217. The Kier molecular flexibility index (Phi) is 9.89. The van der Waals surface area contributed by atoms with E-state index in [1.807, 2.05) is 0 Å². The van der Waals surface area contributed by atoms with Crippen LogP contribution in [0, 0.1) is 5.92 Å². The van der Waals surface area contributed by atoms with Crippen LogP contribution in [0.15, 0.2) is 0 Å². The molecule has 4 unspecified atom stereocenters. The van der Waals surface area contributed by atoms with Crippen LogP contribution in [0.4, 0.5) is 0 Å². The van der Waals surface area contributed by atoms with Crippen molar-refractivity contribution >= 4 is 29.6 Å². The van der Waals surface area contributed by atoms with E-state index in [0.717, 1.165) is 0 Å². The highest BCUT2D eigenvalue weighted by Gasteiger charge is 2.31. The number of carboxylic acids is 1. The fourth-order valence-corrected chi connectivity index (χ4v) is 2.08. The molecule has 0 rings (SSSR count). The van der Waals surface area contributed by atoms with Crippen LogP contribution in [0.5, 0.6) is 0 Å². The molecule has 4 amide bonds. The number of amides is 4. The van der Waals surface area contributed by atoms with Crippen molar-refractivity contribution in [2.45, 2.75) is 57.7 Å². The first-order valence-corrected chi connectivity index (χ1v) is 8.15. The lowest BCUT2D eigenvalue weighted by molar-refractivity contribution is -0.143. The predicted molar refractivity (Wildman–Crippen MR) is 91.2 cm³/mol. The minimum atomic E-state index is -1.34. The number of hydrogen-bond donors (Lipinski definition) is 6. The van der Waals surface area contributed by atoms with E-state index in [9.17, 15) is 24.0 Å². The second-order valence-corrected chi connectivity index (χ2v) is 6.05. The number of carbonyl (C=O) groups excluding carboxylic acids is 4. The van der Waals surface area contributed by atoms with Gasteiger partial charge in [-0.15, -0.1) is 0 Å². The standard InChI is InChI=1S/C15H27N5O6/c1-3-7(2)12(20-13(23)8(16)6-11(18)22)14(24)19-9(15(25)26)4-5-10(17)21/h7-9,12H,3-6,16H2,1-2H3,(H2,17,21)(H2,18,22)(H,19,24)(H,20,23)(H,25,26). The van der Waals surface area contributed by atoms with Crippen molar-refractivity contribution < 1.29 is 29.1 Å². The molecule has 0 radical (unpaired) electrons. The van der Waals surface area contributed by atoms with Gasteiger partial charge in [0.25, 0.3) is 0 Å². The molecule has 0 heterocycles. The van der Waals surface area contributed by atoms with Crippen LogP contribution in [-0.4, -0.2) is 52.8 Å². The monoisotopic (exact) mass is 373 g/mol. The number of nitrogens with two attached hydrogens (primary N) is 3. The highest BCUT2D eigenvalue weighted by atomic mass is 16.4. The van der Waals surface area contributed by atoms with E-state index in [-0.39, 0.29) is 18.8 Å². The summed E-state index contributed by atoms with van der Waals surface area (Å²) < 4.78 is 0. The zero-order chi connectivity index (χ0) is 20.4. The van der Waals surface area contributed by atoms with Crippen molar-refractivity contribution in [2.75, 3.05) is 0 Å². The van der Waals surface area contributed by atoms with E-state index in [0.29, 0.717) is 6.42 Å². The molecule has 9 N–H and O–H groups in total. The first-order valence-electron chi connectivity index (χ1n) is 8.15. The molecule has 0 aliphatic carbocycles. The third-order valence-corrected chi connectivity index (χ3v) is 3.85. The smallest absolute Gasteiger partial charge is 0.326 e. The van der Waals surface area contributed by atoms with Crippen molar-refractivity contribution in [1.29, 1.82) is 0 Å². The molecule has 0 saturated heterocycles. The van der Waals surface area contributed by atoms with E-state index in [4.69, 9.17) is 22.3 Å². The molecule has 11 heteroatoms. The van der Waals surface area contributed by atoms with Gasteiger partial charge in [0.05, 0.1) is 12.5 Å². The summed E-state index contributed by atoms with van der Waals surface area (Å²) in [4.78, 5) is 57.4. The Morgan fingerprint density at radius 1 is 1.00 bits per heavy atom. The average Bonchev–Trinajstić information content (AvgIpc) is 2.53. The zero-order valence-corrected chi connectivity index (χ0v) is 14.9. The SMILES string of the molecule is CCC(C)C(NC(=O)C(N)CC(N)=O)C(=O)NC(CCC(N)=O)C(=O)O. The average molecular weight is 373 g/mol. The van der Waals surface area contributed by atoms with Gasteiger partial charge in [0, 0.05) is 6.42 Å². The lowest BCUT2D eigenvalue weighted by Crippen LogP contribution is -2.57. The van der Waals surface area contributed by atoms with Crippen LogP contribution in [0.2, 0.25) is 0 Å². The molecule has 11 nitrogen and oxygen atoms in total. The molecule has 0 bridgehead atoms. The Morgan fingerprint density at radius 3 is 2.00 bits per heavy atom. The Morgan fingerprint density at radius 2 is 1.58 bits per heavy atom. The van der Waals surface area contributed by atoms with Gasteiger partial charge >= 0.3 is 5.97 Å². The van der Waals surface area contributed by atoms with Crippen LogP contribution >= 0.6 is 0 Å². The van der Waals surface area contributed by atoms with Gasteiger partial charge in [-0.2, -0.15) is 0 Å². The highest BCUT2D eigenvalue weighted by Crippen LogP contribution is 2.10. The number of rotatable bonds is 12. The fraction of sp³-hybridized carbons (Fsp3) is 0.667. The van der Waals surface area contributed by atoms with Crippen molar-refractivity contribution in [3.8, 4) is 0 Å². The molecule has 0 aromatic rings. The van der Waals surface area contributed by atoms with E-state index < -0.39 is 54.1 Å². The van der Waals surface area contributed by atoms with Crippen molar-refractivity contribution in [2.24, 2.45) is 23.1 Å². The van der Waals surface area contributed by atoms with Gasteiger partial charge in [0.15, 0.2) is 0 Å². The Bertz CT molecular complexity index is 553. The van der Waals surface area contributed by atoms with E-state index in [1.54, 1.807) is 13.8 Å². The third-order valence-electron chi connectivity index (χ3n) is 3.85. The first-order chi connectivity index (χ1) is 12.0. The van der Waals surface area contributed by atoms with Crippen LogP contribution in [0.1, 0.15) is 39.5 Å². The van der Waals surface area contributed by atoms with Crippen LogP contribution in [-0.2, 0) is 24.0 Å². The maximum absolute atomic E-state index is 12.4. The zero-order valence-electron chi connectivity index (χ0n) is 14.9. The normalized spacial score (nSPS) is 15.2. The molecule has 0 aromatic carbocycles. The molecular weight excluding hydrogens is 346 g/mol. The van der Waals surface area contributed by atoms with E-state index >= 15 is 0 Å². The second kappa shape index (κ2) is 11.0. The summed E-state index contributed by atoms with van der Waals surface area (Å²) in [6.45, 7) is 3.46. The van der Waals surface area contributed by atoms with Crippen LogP contribution in [0.25, 0.3) is 0 Å². The fourth-order valence-electron chi connectivity index (χ4n) is 2.08. The summed E-state index contributed by atoms with van der Waals surface area (Å²) in [5, 5.41) is 13.8. The van der Waals surface area contributed by atoms with Gasteiger partial charge < -0.3 is 32.9 Å². The van der Waals surface area contributed by atoms with Crippen molar-refractivity contribution in [3.63, 3.8) is 0 Å². The molecule has 0 aromatic heterocycles. The van der Waals surface area contributed by atoms with Gasteiger partial charge in [0.1, 0.15) is 12.1 Å². The predicted octanol–water partition coefficient (Wildman–Crippen LogP) is -2.45. The summed E-state index contributed by atoms with van der Waals surface area (Å²) in [6, 6.07) is -3.63.